The fraction of sp³-hybridized carbons (Fsp3) is 0.316. The summed E-state index contributed by atoms with van der Waals surface area (Å²) in [7, 11) is 0.676. The average Bonchev–Trinajstić information content (AvgIpc) is 2.60. The second-order valence-corrected chi connectivity index (χ2v) is 8.71. The Bertz CT molecular complexity index is 922. The summed E-state index contributed by atoms with van der Waals surface area (Å²) in [5, 5.41) is 2.89. The summed E-state index contributed by atoms with van der Waals surface area (Å²) in [6.07, 6.45) is 1.91. The molecule has 6 nitrogen and oxygen atoms in total. The number of nitrogens with one attached hydrogen (secondary N) is 1. The van der Waals surface area contributed by atoms with Crippen LogP contribution in [0.2, 0.25) is 0 Å². The molecule has 0 bridgehead atoms. The molecular weight excluding hydrogens is 350 g/mol. The summed E-state index contributed by atoms with van der Waals surface area (Å²) >= 11 is 0. The largest absolute Gasteiger partial charge is 0.378 e. The molecule has 2 aromatic rings. The second kappa shape index (κ2) is 7.09. The van der Waals surface area contributed by atoms with Gasteiger partial charge in [-0.15, -0.1) is 0 Å². The molecule has 0 atom stereocenters. The predicted molar refractivity (Wildman–Crippen MR) is 104 cm³/mol. The fourth-order valence-electron chi connectivity index (χ4n) is 3.01. The highest BCUT2D eigenvalue weighted by atomic mass is 32.2. The number of hydrogen-bond donors (Lipinski definition) is 1. The van der Waals surface area contributed by atoms with E-state index in [4.69, 9.17) is 0 Å². The van der Waals surface area contributed by atoms with Gasteiger partial charge in [0.05, 0.1) is 6.26 Å². The molecule has 7 heteroatoms. The SMILES string of the molecule is CN(C)c1ccc(C(=O)Nc2ccc3c(c2)CN(S(C)(=O)=O)CC3)cc1. The molecule has 2 aromatic carbocycles. The molecule has 1 heterocycles. The topological polar surface area (TPSA) is 69.7 Å². The maximum absolute atomic E-state index is 12.5. The van der Waals surface area contributed by atoms with Gasteiger partial charge in [0, 0.05) is 44.1 Å². The summed E-state index contributed by atoms with van der Waals surface area (Å²) in [5.74, 6) is -0.189. The Hall–Kier alpha value is -2.38. The molecule has 0 aliphatic carbocycles. The van der Waals surface area contributed by atoms with Crippen molar-refractivity contribution in [3.05, 3.63) is 59.2 Å². The van der Waals surface area contributed by atoms with Crippen molar-refractivity contribution < 1.29 is 13.2 Å². The zero-order valence-electron chi connectivity index (χ0n) is 15.2. The third kappa shape index (κ3) is 4.05. The van der Waals surface area contributed by atoms with Crippen molar-refractivity contribution >= 4 is 27.3 Å². The van der Waals surface area contributed by atoms with Gasteiger partial charge in [0.1, 0.15) is 0 Å². The lowest BCUT2D eigenvalue weighted by atomic mass is 10.0. The average molecular weight is 373 g/mol. The minimum atomic E-state index is -3.22. The van der Waals surface area contributed by atoms with Crippen molar-refractivity contribution in [3.63, 3.8) is 0 Å². The summed E-state index contributed by atoms with van der Waals surface area (Å²) in [6.45, 7) is 0.838. The highest BCUT2D eigenvalue weighted by Gasteiger charge is 2.23. The lowest BCUT2D eigenvalue weighted by molar-refractivity contribution is 0.102. The summed E-state index contributed by atoms with van der Waals surface area (Å²) in [6, 6.07) is 13.0. The Balaban J connectivity index is 1.75. The maximum atomic E-state index is 12.5. The van der Waals surface area contributed by atoms with Crippen molar-refractivity contribution in [2.75, 3.05) is 37.1 Å². The van der Waals surface area contributed by atoms with Crippen LogP contribution in [0.5, 0.6) is 0 Å². The third-order valence-electron chi connectivity index (χ3n) is 4.56. The van der Waals surface area contributed by atoms with E-state index in [0.29, 0.717) is 30.8 Å². The Morgan fingerprint density at radius 1 is 1.08 bits per heavy atom. The van der Waals surface area contributed by atoms with Crippen molar-refractivity contribution in [3.8, 4) is 0 Å². The number of rotatable bonds is 4. The molecule has 0 saturated heterocycles. The number of carbonyl (C=O) groups excluding carboxylic acids is 1. The first-order valence-corrected chi connectivity index (χ1v) is 10.2. The standard InChI is InChI=1S/C19H23N3O3S/c1-21(2)18-8-5-15(6-9-18)19(23)20-17-7-4-14-10-11-22(26(3,24)25)13-16(14)12-17/h4-9,12H,10-11,13H2,1-3H3,(H,20,23). The molecule has 3 rings (SSSR count). The minimum Gasteiger partial charge on any atom is -0.378 e. The first-order valence-electron chi connectivity index (χ1n) is 8.40. The molecule has 0 unspecified atom stereocenters. The maximum Gasteiger partial charge on any atom is 0.255 e. The van der Waals surface area contributed by atoms with E-state index in [-0.39, 0.29) is 5.91 Å². The Morgan fingerprint density at radius 2 is 1.77 bits per heavy atom. The molecule has 0 radical (unpaired) electrons. The first-order chi connectivity index (χ1) is 12.2. The van der Waals surface area contributed by atoms with Crippen LogP contribution in [0.3, 0.4) is 0 Å². The summed E-state index contributed by atoms with van der Waals surface area (Å²) in [5.41, 5.74) is 4.32. The lowest BCUT2D eigenvalue weighted by Gasteiger charge is -2.27. The first kappa shape index (κ1) is 18.4. The van der Waals surface area contributed by atoms with Crippen LogP contribution in [0.1, 0.15) is 21.5 Å². The van der Waals surface area contributed by atoms with Gasteiger partial charge in [-0.1, -0.05) is 6.07 Å². The van der Waals surface area contributed by atoms with Crippen molar-refractivity contribution in [1.29, 1.82) is 0 Å². The van der Waals surface area contributed by atoms with E-state index in [1.54, 1.807) is 12.1 Å². The van der Waals surface area contributed by atoms with Gasteiger partial charge in [-0.05, 0) is 53.9 Å². The van der Waals surface area contributed by atoms with E-state index in [1.807, 2.05) is 49.3 Å². The number of carbonyl (C=O) groups is 1. The third-order valence-corrected chi connectivity index (χ3v) is 5.81. The Morgan fingerprint density at radius 3 is 2.38 bits per heavy atom. The number of benzene rings is 2. The number of anilines is 2. The number of nitrogens with zero attached hydrogens (tertiary/aromatic N) is 2. The number of amides is 1. The van der Waals surface area contributed by atoms with Crippen LogP contribution in [-0.2, 0) is 23.0 Å². The van der Waals surface area contributed by atoms with Gasteiger partial charge in [-0.3, -0.25) is 4.79 Å². The van der Waals surface area contributed by atoms with E-state index < -0.39 is 10.0 Å². The molecule has 0 saturated carbocycles. The molecule has 1 aliphatic rings. The molecule has 0 fully saturated rings. The monoisotopic (exact) mass is 373 g/mol. The van der Waals surface area contributed by atoms with Crippen molar-refractivity contribution in [2.24, 2.45) is 0 Å². The van der Waals surface area contributed by atoms with Crippen LogP contribution in [0.15, 0.2) is 42.5 Å². The van der Waals surface area contributed by atoms with Gasteiger partial charge >= 0.3 is 0 Å². The molecule has 1 amide bonds. The van der Waals surface area contributed by atoms with E-state index >= 15 is 0 Å². The molecule has 0 aromatic heterocycles. The minimum absolute atomic E-state index is 0.189. The van der Waals surface area contributed by atoms with Gasteiger partial charge in [0.2, 0.25) is 10.0 Å². The second-order valence-electron chi connectivity index (χ2n) is 6.73. The number of fused-ring (bicyclic) bond motifs is 1. The van der Waals surface area contributed by atoms with E-state index in [1.165, 1.54) is 10.6 Å². The van der Waals surface area contributed by atoms with Gasteiger partial charge in [0.25, 0.3) is 5.91 Å². The molecule has 1 aliphatic heterocycles. The number of hydrogen-bond acceptors (Lipinski definition) is 4. The fourth-order valence-corrected chi connectivity index (χ4v) is 3.80. The molecule has 1 N–H and O–H groups in total. The smallest absolute Gasteiger partial charge is 0.255 e. The Labute approximate surface area is 154 Å². The van der Waals surface area contributed by atoms with Crippen LogP contribution in [0, 0.1) is 0 Å². The highest BCUT2D eigenvalue weighted by Crippen LogP contribution is 2.24. The van der Waals surface area contributed by atoms with Crippen LogP contribution in [0.4, 0.5) is 11.4 Å². The molecular formula is C19H23N3O3S. The van der Waals surface area contributed by atoms with E-state index in [2.05, 4.69) is 5.32 Å². The molecule has 138 valence electrons. The molecule has 0 spiro atoms. The predicted octanol–water partition coefficient (Wildman–Crippen LogP) is 2.32. The highest BCUT2D eigenvalue weighted by molar-refractivity contribution is 7.88. The quantitative estimate of drug-likeness (QED) is 0.893. The normalized spacial score (nSPS) is 14.6. The van der Waals surface area contributed by atoms with Crippen LogP contribution in [-0.4, -0.2) is 45.5 Å². The van der Waals surface area contributed by atoms with Crippen molar-refractivity contribution in [1.82, 2.24) is 4.31 Å². The van der Waals surface area contributed by atoms with Crippen LogP contribution in [0.25, 0.3) is 0 Å². The summed E-state index contributed by atoms with van der Waals surface area (Å²) < 4.78 is 25.0. The number of sulfonamides is 1. The molecule has 26 heavy (non-hydrogen) atoms. The van der Waals surface area contributed by atoms with E-state index in [0.717, 1.165) is 16.8 Å². The van der Waals surface area contributed by atoms with Crippen LogP contribution >= 0.6 is 0 Å². The Kier molecular flexibility index (Phi) is 5.02. The van der Waals surface area contributed by atoms with Crippen molar-refractivity contribution in [2.45, 2.75) is 13.0 Å². The zero-order valence-corrected chi connectivity index (χ0v) is 16.0. The van der Waals surface area contributed by atoms with Gasteiger partial charge < -0.3 is 10.2 Å². The van der Waals surface area contributed by atoms with E-state index in [9.17, 15) is 13.2 Å². The summed E-state index contributed by atoms with van der Waals surface area (Å²) in [4.78, 5) is 14.4. The lowest BCUT2D eigenvalue weighted by Crippen LogP contribution is -2.35. The van der Waals surface area contributed by atoms with Gasteiger partial charge in [-0.25, -0.2) is 8.42 Å². The van der Waals surface area contributed by atoms with Gasteiger partial charge in [0.15, 0.2) is 0 Å². The van der Waals surface area contributed by atoms with Crippen LogP contribution < -0.4 is 10.2 Å². The zero-order chi connectivity index (χ0) is 18.9. The van der Waals surface area contributed by atoms with Gasteiger partial charge in [-0.2, -0.15) is 4.31 Å².